The molecule has 2 heterocycles. The fourth-order valence-corrected chi connectivity index (χ4v) is 2.91. The van der Waals surface area contributed by atoms with E-state index in [1.165, 1.54) is 0 Å². The number of rotatable bonds is 3. The van der Waals surface area contributed by atoms with Crippen molar-refractivity contribution < 1.29 is 5.11 Å². The van der Waals surface area contributed by atoms with Crippen molar-refractivity contribution in [3.63, 3.8) is 0 Å². The van der Waals surface area contributed by atoms with Gasteiger partial charge in [-0.1, -0.05) is 36.4 Å². The number of fused-ring (bicyclic) bond motifs is 1. The number of H-pyrrole nitrogens is 1. The first-order chi connectivity index (χ1) is 11.3. The molecule has 0 aliphatic carbocycles. The summed E-state index contributed by atoms with van der Waals surface area (Å²) in [5.74, 6) is 0. The number of aliphatic hydroxyl groups is 1. The van der Waals surface area contributed by atoms with E-state index in [2.05, 4.69) is 22.1 Å². The third-order valence-corrected chi connectivity index (χ3v) is 4.14. The van der Waals surface area contributed by atoms with Crippen molar-refractivity contribution in [3.8, 4) is 11.1 Å². The Balaban J connectivity index is 1.82. The van der Waals surface area contributed by atoms with E-state index in [1.807, 2.05) is 54.7 Å². The van der Waals surface area contributed by atoms with Crippen molar-refractivity contribution in [3.05, 3.63) is 90.4 Å². The number of aromatic amines is 1. The number of aliphatic hydroxyl groups excluding tert-OH is 1. The SMILES string of the molecule is OC(c1ccccc1)c1c[nH]c2ccc(-c3ccncc3)cc12. The summed E-state index contributed by atoms with van der Waals surface area (Å²) in [7, 11) is 0. The van der Waals surface area contributed by atoms with Crippen LogP contribution in [-0.4, -0.2) is 15.1 Å². The quantitative estimate of drug-likeness (QED) is 0.592. The van der Waals surface area contributed by atoms with Crippen LogP contribution in [0.4, 0.5) is 0 Å². The monoisotopic (exact) mass is 300 g/mol. The van der Waals surface area contributed by atoms with Gasteiger partial charge in [-0.05, 0) is 41.0 Å². The Morgan fingerprint density at radius 1 is 0.870 bits per heavy atom. The lowest BCUT2D eigenvalue weighted by Crippen LogP contribution is -1.98. The van der Waals surface area contributed by atoms with E-state index in [1.54, 1.807) is 12.4 Å². The number of hydrogen-bond donors (Lipinski definition) is 2. The number of pyridine rings is 1. The van der Waals surface area contributed by atoms with Gasteiger partial charge >= 0.3 is 0 Å². The molecule has 4 rings (SSSR count). The van der Waals surface area contributed by atoms with Crippen molar-refractivity contribution in [1.29, 1.82) is 0 Å². The van der Waals surface area contributed by atoms with Gasteiger partial charge in [0.25, 0.3) is 0 Å². The minimum atomic E-state index is -0.641. The molecule has 112 valence electrons. The maximum Gasteiger partial charge on any atom is 0.106 e. The van der Waals surface area contributed by atoms with Gasteiger partial charge in [0.1, 0.15) is 6.10 Å². The van der Waals surface area contributed by atoms with E-state index in [4.69, 9.17) is 0 Å². The number of aromatic nitrogens is 2. The summed E-state index contributed by atoms with van der Waals surface area (Å²) < 4.78 is 0. The number of hydrogen-bond acceptors (Lipinski definition) is 2. The van der Waals surface area contributed by atoms with Crippen LogP contribution in [0.5, 0.6) is 0 Å². The van der Waals surface area contributed by atoms with Crippen LogP contribution in [-0.2, 0) is 0 Å². The van der Waals surface area contributed by atoms with Crippen molar-refractivity contribution in [2.75, 3.05) is 0 Å². The highest BCUT2D eigenvalue weighted by molar-refractivity contribution is 5.88. The molecule has 23 heavy (non-hydrogen) atoms. The van der Waals surface area contributed by atoms with Gasteiger partial charge in [0.2, 0.25) is 0 Å². The van der Waals surface area contributed by atoms with Crippen LogP contribution in [0.15, 0.2) is 79.3 Å². The predicted molar refractivity (Wildman–Crippen MR) is 92.0 cm³/mol. The summed E-state index contributed by atoms with van der Waals surface area (Å²) in [5, 5.41) is 11.7. The maximum atomic E-state index is 10.7. The van der Waals surface area contributed by atoms with Gasteiger partial charge in [0.15, 0.2) is 0 Å². The third-order valence-electron chi connectivity index (χ3n) is 4.14. The largest absolute Gasteiger partial charge is 0.384 e. The summed E-state index contributed by atoms with van der Waals surface area (Å²) in [6.45, 7) is 0. The Kier molecular flexibility index (Phi) is 3.41. The summed E-state index contributed by atoms with van der Waals surface area (Å²) in [5.41, 5.74) is 5.03. The molecule has 0 fully saturated rings. The highest BCUT2D eigenvalue weighted by Gasteiger charge is 2.15. The zero-order valence-electron chi connectivity index (χ0n) is 12.5. The zero-order valence-corrected chi connectivity index (χ0v) is 12.5. The molecule has 0 radical (unpaired) electrons. The Morgan fingerprint density at radius 2 is 1.65 bits per heavy atom. The fourth-order valence-electron chi connectivity index (χ4n) is 2.91. The minimum Gasteiger partial charge on any atom is -0.384 e. The second-order valence-electron chi connectivity index (χ2n) is 5.55. The van der Waals surface area contributed by atoms with E-state index in [9.17, 15) is 5.11 Å². The molecule has 0 saturated heterocycles. The fraction of sp³-hybridized carbons (Fsp3) is 0.0500. The van der Waals surface area contributed by atoms with Gasteiger partial charge < -0.3 is 10.1 Å². The van der Waals surface area contributed by atoms with Gasteiger partial charge in [-0.25, -0.2) is 0 Å². The van der Waals surface area contributed by atoms with E-state index in [0.717, 1.165) is 33.2 Å². The van der Waals surface area contributed by atoms with Crippen molar-refractivity contribution in [1.82, 2.24) is 9.97 Å². The molecule has 2 aromatic heterocycles. The van der Waals surface area contributed by atoms with E-state index < -0.39 is 6.10 Å². The van der Waals surface area contributed by atoms with Gasteiger partial charge in [0.05, 0.1) is 0 Å². The molecular weight excluding hydrogens is 284 g/mol. The van der Waals surface area contributed by atoms with Crippen molar-refractivity contribution >= 4 is 10.9 Å². The molecule has 0 aliphatic rings. The van der Waals surface area contributed by atoms with Gasteiger partial charge in [0, 0.05) is 35.1 Å². The molecule has 2 aromatic carbocycles. The van der Waals surface area contributed by atoms with Crippen LogP contribution in [0.1, 0.15) is 17.2 Å². The lowest BCUT2D eigenvalue weighted by Gasteiger charge is -2.10. The number of nitrogens with zero attached hydrogens (tertiary/aromatic N) is 1. The van der Waals surface area contributed by atoms with Crippen LogP contribution >= 0.6 is 0 Å². The van der Waals surface area contributed by atoms with Crippen LogP contribution in [0.2, 0.25) is 0 Å². The first-order valence-corrected chi connectivity index (χ1v) is 7.57. The molecule has 4 aromatic rings. The van der Waals surface area contributed by atoms with E-state index in [0.29, 0.717) is 0 Å². The lowest BCUT2D eigenvalue weighted by molar-refractivity contribution is 0.222. The Morgan fingerprint density at radius 3 is 2.43 bits per heavy atom. The van der Waals surface area contributed by atoms with Crippen LogP contribution in [0.25, 0.3) is 22.0 Å². The van der Waals surface area contributed by atoms with Gasteiger partial charge in [-0.2, -0.15) is 0 Å². The van der Waals surface area contributed by atoms with Crippen molar-refractivity contribution in [2.24, 2.45) is 0 Å². The maximum absolute atomic E-state index is 10.7. The van der Waals surface area contributed by atoms with Crippen LogP contribution in [0.3, 0.4) is 0 Å². The number of nitrogens with one attached hydrogen (secondary N) is 1. The second-order valence-corrected chi connectivity index (χ2v) is 5.55. The molecule has 0 bridgehead atoms. The second kappa shape index (κ2) is 5.71. The highest BCUT2D eigenvalue weighted by Crippen LogP contribution is 2.31. The molecule has 0 spiro atoms. The Bertz CT molecular complexity index is 930. The summed E-state index contributed by atoms with van der Waals surface area (Å²) in [4.78, 5) is 7.31. The first-order valence-electron chi connectivity index (χ1n) is 7.57. The highest BCUT2D eigenvalue weighted by atomic mass is 16.3. The zero-order chi connectivity index (χ0) is 15.6. The van der Waals surface area contributed by atoms with Crippen LogP contribution in [0, 0.1) is 0 Å². The smallest absolute Gasteiger partial charge is 0.106 e. The van der Waals surface area contributed by atoms with E-state index >= 15 is 0 Å². The van der Waals surface area contributed by atoms with Gasteiger partial charge in [-0.3, -0.25) is 4.98 Å². The summed E-state index contributed by atoms with van der Waals surface area (Å²) in [6, 6.07) is 19.9. The third kappa shape index (κ3) is 2.51. The molecule has 1 unspecified atom stereocenters. The normalized spacial score (nSPS) is 12.4. The van der Waals surface area contributed by atoms with Gasteiger partial charge in [-0.15, -0.1) is 0 Å². The summed E-state index contributed by atoms with van der Waals surface area (Å²) >= 11 is 0. The topological polar surface area (TPSA) is 48.9 Å². The first kappa shape index (κ1) is 13.7. The Labute approximate surface area is 134 Å². The molecule has 3 nitrogen and oxygen atoms in total. The molecule has 2 N–H and O–H groups in total. The minimum absolute atomic E-state index is 0.641. The average Bonchev–Trinajstić information content (AvgIpc) is 3.05. The molecule has 3 heteroatoms. The van der Waals surface area contributed by atoms with Crippen molar-refractivity contribution in [2.45, 2.75) is 6.10 Å². The Hall–Kier alpha value is -2.91. The van der Waals surface area contributed by atoms with Crippen LogP contribution < -0.4 is 0 Å². The predicted octanol–water partition coefficient (Wildman–Crippen LogP) is 4.31. The molecule has 1 atom stereocenters. The molecule has 0 aliphatic heterocycles. The molecule has 0 amide bonds. The number of benzene rings is 2. The van der Waals surface area contributed by atoms with E-state index in [-0.39, 0.29) is 0 Å². The molecular formula is C20H16N2O. The lowest BCUT2D eigenvalue weighted by atomic mass is 9.98. The average molecular weight is 300 g/mol. The summed E-state index contributed by atoms with van der Waals surface area (Å²) in [6.07, 6.45) is 4.82. The molecule has 0 saturated carbocycles. The standard InChI is InChI=1S/C20H16N2O/c23-20(15-4-2-1-3-5-15)18-13-22-19-7-6-16(12-17(18)19)14-8-10-21-11-9-14/h1-13,20,22-23H.